The van der Waals surface area contributed by atoms with E-state index in [1.165, 1.54) is 18.0 Å². The molecule has 0 amide bonds. The Balaban J connectivity index is 2.74. The van der Waals surface area contributed by atoms with Crippen molar-refractivity contribution in [1.29, 1.82) is 0 Å². The monoisotopic (exact) mass is 384 g/mol. The molecule has 0 fully saturated rings. The number of thioether (sulfide) groups is 1. The highest BCUT2D eigenvalue weighted by Gasteiger charge is 2.30. The molecule has 138 valence electrons. The Morgan fingerprint density at radius 3 is 2.38 bits per heavy atom. The molecule has 1 rings (SSSR count). The molecule has 24 heavy (non-hydrogen) atoms. The maximum atomic E-state index is 12.8. The molecule has 9 heteroatoms. The van der Waals surface area contributed by atoms with Crippen molar-refractivity contribution >= 4 is 29.4 Å². The van der Waals surface area contributed by atoms with Crippen LogP contribution in [-0.2, 0) is 9.47 Å². The lowest BCUT2D eigenvalue weighted by atomic mass is 10.3. The minimum atomic E-state index is -4.33. The largest absolute Gasteiger partial charge is 0.446 e. The van der Waals surface area contributed by atoms with E-state index in [2.05, 4.69) is 10.0 Å². The van der Waals surface area contributed by atoms with E-state index >= 15 is 0 Å². The average molecular weight is 384 g/mol. The van der Waals surface area contributed by atoms with Crippen LogP contribution in [0.5, 0.6) is 0 Å². The molecule has 0 aromatic heterocycles. The quantitative estimate of drug-likeness (QED) is 0.327. The van der Waals surface area contributed by atoms with Crippen LogP contribution in [0, 0.1) is 0 Å². The van der Waals surface area contributed by atoms with Crippen molar-refractivity contribution in [2.24, 2.45) is 0 Å². The van der Waals surface area contributed by atoms with Gasteiger partial charge in [0, 0.05) is 41.7 Å². The van der Waals surface area contributed by atoms with Gasteiger partial charge in [-0.15, -0.1) is 0 Å². The van der Waals surface area contributed by atoms with E-state index in [0.29, 0.717) is 31.9 Å². The number of hydrogen-bond donors (Lipinski definition) is 2. The summed E-state index contributed by atoms with van der Waals surface area (Å²) < 4.78 is 52.0. The van der Waals surface area contributed by atoms with Gasteiger partial charge in [-0.25, -0.2) is 0 Å². The summed E-state index contributed by atoms with van der Waals surface area (Å²) >= 11 is 1.15. The van der Waals surface area contributed by atoms with Crippen LogP contribution in [0.15, 0.2) is 28.0 Å². The molecule has 0 aliphatic heterocycles. The Labute approximate surface area is 149 Å². The number of rotatable bonds is 11. The third-order valence-corrected chi connectivity index (χ3v) is 4.28. The molecule has 0 unspecified atom stereocenters. The van der Waals surface area contributed by atoms with Gasteiger partial charge in [0.1, 0.15) is 0 Å². The molecule has 0 atom stereocenters. The van der Waals surface area contributed by atoms with Gasteiger partial charge in [0.05, 0.1) is 0 Å². The Hall–Kier alpha value is -0.610. The van der Waals surface area contributed by atoms with Crippen LogP contribution in [0.4, 0.5) is 18.9 Å². The van der Waals surface area contributed by atoms with Crippen molar-refractivity contribution in [2.45, 2.75) is 41.9 Å². The second kappa shape index (κ2) is 11.1. The molecule has 1 aromatic rings. The molecule has 0 aliphatic rings. The number of anilines is 1. The second-order valence-corrected chi connectivity index (χ2v) is 6.76. The van der Waals surface area contributed by atoms with Crippen molar-refractivity contribution in [3.05, 3.63) is 18.2 Å². The lowest BCUT2D eigenvalue weighted by Crippen LogP contribution is -2.21. The lowest BCUT2D eigenvalue weighted by Gasteiger charge is -2.19. The van der Waals surface area contributed by atoms with Crippen molar-refractivity contribution in [3.8, 4) is 0 Å². The zero-order valence-electron chi connectivity index (χ0n) is 13.9. The first-order valence-electron chi connectivity index (χ1n) is 7.60. The third-order valence-electron chi connectivity index (χ3n) is 2.80. The van der Waals surface area contributed by atoms with Crippen molar-refractivity contribution in [2.75, 3.05) is 32.1 Å². The number of halogens is 3. The first-order valence-corrected chi connectivity index (χ1v) is 9.23. The first-order chi connectivity index (χ1) is 11.4. The molecule has 2 N–H and O–H groups in total. The Bertz CT molecular complexity index is 484. The van der Waals surface area contributed by atoms with Gasteiger partial charge in [-0.2, -0.15) is 13.2 Å². The fourth-order valence-electron chi connectivity index (χ4n) is 1.95. The number of alkyl halides is 3. The SMILES string of the molecule is CCOC(CCNc1ccc(SNC)cc1SC(F)(F)F)OCC. The van der Waals surface area contributed by atoms with Gasteiger partial charge in [-0.1, -0.05) is 0 Å². The zero-order chi connectivity index (χ0) is 18.0. The number of hydrogen-bond acceptors (Lipinski definition) is 6. The highest BCUT2D eigenvalue weighted by Crippen LogP contribution is 2.41. The van der Waals surface area contributed by atoms with Gasteiger partial charge in [-0.3, -0.25) is 4.72 Å². The average Bonchev–Trinajstić information content (AvgIpc) is 2.48. The van der Waals surface area contributed by atoms with E-state index in [4.69, 9.17) is 9.47 Å². The Kier molecular flexibility index (Phi) is 9.91. The van der Waals surface area contributed by atoms with Crippen LogP contribution >= 0.6 is 23.7 Å². The Morgan fingerprint density at radius 1 is 1.17 bits per heavy atom. The summed E-state index contributed by atoms with van der Waals surface area (Å²) in [4.78, 5) is 0.864. The normalized spacial score (nSPS) is 12.0. The minimum Gasteiger partial charge on any atom is -0.384 e. The van der Waals surface area contributed by atoms with E-state index in [0.717, 1.165) is 4.90 Å². The summed E-state index contributed by atoms with van der Waals surface area (Å²) in [7, 11) is 1.72. The molecule has 0 spiro atoms. The van der Waals surface area contributed by atoms with Gasteiger partial charge in [-0.05, 0) is 62.8 Å². The molecule has 0 saturated heterocycles. The topological polar surface area (TPSA) is 42.5 Å². The molecule has 4 nitrogen and oxygen atoms in total. The first kappa shape index (κ1) is 21.4. The Morgan fingerprint density at radius 2 is 1.83 bits per heavy atom. The molecular weight excluding hydrogens is 361 g/mol. The predicted octanol–water partition coefficient (Wildman–Crippen LogP) is 4.73. The fraction of sp³-hybridized carbons (Fsp3) is 0.600. The van der Waals surface area contributed by atoms with Gasteiger partial charge in [0.15, 0.2) is 6.29 Å². The van der Waals surface area contributed by atoms with E-state index in [9.17, 15) is 13.2 Å². The van der Waals surface area contributed by atoms with Crippen LogP contribution in [0.2, 0.25) is 0 Å². The summed E-state index contributed by atoms with van der Waals surface area (Å²) in [6, 6.07) is 4.95. The molecule has 0 radical (unpaired) electrons. The molecule has 1 aromatic carbocycles. The van der Waals surface area contributed by atoms with Crippen LogP contribution < -0.4 is 10.0 Å². The summed E-state index contributed by atoms with van der Waals surface area (Å²) in [6.07, 6.45) is 0.190. The molecule has 0 heterocycles. The van der Waals surface area contributed by atoms with E-state index < -0.39 is 5.51 Å². The summed E-state index contributed by atoms with van der Waals surface area (Å²) in [6.45, 7) is 5.24. The maximum Gasteiger partial charge on any atom is 0.446 e. The van der Waals surface area contributed by atoms with Gasteiger partial charge in [0.25, 0.3) is 0 Å². The molecular formula is C15H23F3N2O2S2. The van der Waals surface area contributed by atoms with Crippen LogP contribution in [0.1, 0.15) is 20.3 Å². The number of benzene rings is 1. The van der Waals surface area contributed by atoms with Gasteiger partial charge in [0.2, 0.25) is 0 Å². The van der Waals surface area contributed by atoms with E-state index in [1.54, 1.807) is 19.2 Å². The van der Waals surface area contributed by atoms with Gasteiger partial charge >= 0.3 is 5.51 Å². The maximum absolute atomic E-state index is 12.8. The van der Waals surface area contributed by atoms with Crippen LogP contribution in [0.3, 0.4) is 0 Å². The molecule has 0 aliphatic carbocycles. The predicted molar refractivity (Wildman–Crippen MR) is 93.4 cm³/mol. The standard InChI is InChI=1S/C15H23F3N2O2S2/c1-4-21-14(22-5-2)8-9-20-12-7-6-11(24-19-3)10-13(12)23-15(16,17)18/h6-7,10,14,19-20H,4-5,8-9H2,1-3H3. The van der Waals surface area contributed by atoms with E-state index in [1.807, 2.05) is 13.8 Å². The van der Waals surface area contributed by atoms with Crippen molar-refractivity contribution < 1.29 is 22.6 Å². The zero-order valence-corrected chi connectivity index (χ0v) is 15.5. The van der Waals surface area contributed by atoms with Crippen molar-refractivity contribution in [1.82, 2.24) is 4.72 Å². The van der Waals surface area contributed by atoms with E-state index in [-0.39, 0.29) is 22.9 Å². The molecule has 0 saturated carbocycles. The summed E-state index contributed by atoms with van der Waals surface area (Å²) in [5, 5.41) is 3.04. The molecule has 0 bridgehead atoms. The van der Waals surface area contributed by atoms with Crippen LogP contribution in [-0.4, -0.2) is 38.6 Å². The fourth-order valence-corrected chi connectivity index (χ4v) is 3.26. The minimum absolute atomic E-state index is 0.119. The smallest absolute Gasteiger partial charge is 0.384 e. The lowest BCUT2D eigenvalue weighted by molar-refractivity contribution is -0.137. The van der Waals surface area contributed by atoms with Crippen LogP contribution in [0.25, 0.3) is 0 Å². The summed E-state index contributed by atoms with van der Waals surface area (Å²) in [5.74, 6) is 0. The number of ether oxygens (including phenoxy) is 2. The summed E-state index contributed by atoms with van der Waals surface area (Å²) in [5.41, 5.74) is -3.89. The number of nitrogens with one attached hydrogen (secondary N) is 2. The third kappa shape index (κ3) is 8.48. The highest BCUT2D eigenvalue weighted by molar-refractivity contribution is 8.00. The van der Waals surface area contributed by atoms with Gasteiger partial charge < -0.3 is 14.8 Å². The van der Waals surface area contributed by atoms with Crippen molar-refractivity contribution in [3.63, 3.8) is 0 Å². The second-order valence-electron chi connectivity index (χ2n) is 4.57. The highest BCUT2D eigenvalue weighted by atomic mass is 32.2.